The Kier molecular flexibility index (Phi) is 12.1. The van der Waals surface area contributed by atoms with Crippen molar-refractivity contribution in [3.8, 4) is 11.3 Å². The fraction of sp³-hybridized carbons (Fsp3) is 0.480. The number of piperazine rings is 1. The number of anilines is 4. The van der Waals surface area contributed by atoms with E-state index in [1.165, 1.54) is 19.3 Å². The molecule has 4 fully saturated rings. The zero-order valence-electron chi connectivity index (χ0n) is 39.9. The van der Waals surface area contributed by atoms with Crippen molar-refractivity contribution >= 4 is 63.6 Å². The number of H-pyrrole nitrogens is 1. The van der Waals surface area contributed by atoms with Gasteiger partial charge in [0.25, 0.3) is 17.7 Å². The summed E-state index contributed by atoms with van der Waals surface area (Å²) < 4.78 is 1.65. The van der Waals surface area contributed by atoms with Crippen LogP contribution in [0.4, 0.5) is 23.1 Å². The lowest BCUT2D eigenvalue weighted by Crippen LogP contribution is -2.54. The van der Waals surface area contributed by atoms with E-state index in [2.05, 4.69) is 56.9 Å². The van der Waals surface area contributed by atoms with Crippen LogP contribution in [0.15, 0.2) is 66.0 Å². The van der Waals surface area contributed by atoms with Gasteiger partial charge in [-0.2, -0.15) is 5.10 Å². The maximum atomic E-state index is 13.7. The highest BCUT2D eigenvalue weighted by molar-refractivity contribution is 6.23. The van der Waals surface area contributed by atoms with E-state index in [1.54, 1.807) is 16.8 Å². The summed E-state index contributed by atoms with van der Waals surface area (Å²) in [6.07, 6.45) is 7.95. The maximum Gasteiger partial charge on any atom is 0.262 e. The van der Waals surface area contributed by atoms with E-state index in [4.69, 9.17) is 10.1 Å². The second kappa shape index (κ2) is 18.7. The first kappa shape index (κ1) is 45.4. The van der Waals surface area contributed by atoms with Gasteiger partial charge in [-0.1, -0.05) is 5.10 Å². The van der Waals surface area contributed by atoms with Crippen molar-refractivity contribution in [3.05, 3.63) is 77.1 Å². The van der Waals surface area contributed by atoms with Gasteiger partial charge >= 0.3 is 0 Å². The Morgan fingerprint density at radius 3 is 2.37 bits per heavy atom. The number of nitrogens with one attached hydrogen (secondary N) is 3. The van der Waals surface area contributed by atoms with E-state index in [-0.39, 0.29) is 30.7 Å². The van der Waals surface area contributed by atoms with Gasteiger partial charge in [0, 0.05) is 93.5 Å². The Bertz CT molecular complexity index is 2900. The van der Waals surface area contributed by atoms with Gasteiger partial charge in [0.05, 0.1) is 28.3 Å². The molecule has 70 heavy (non-hydrogen) atoms. The number of aromatic amines is 1. The van der Waals surface area contributed by atoms with Gasteiger partial charge in [0.15, 0.2) is 0 Å². The molecule has 3 N–H and O–H groups in total. The third-order valence-electron chi connectivity index (χ3n) is 15.7. The lowest BCUT2D eigenvalue weighted by atomic mass is 9.90. The van der Waals surface area contributed by atoms with Crippen LogP contribution in [0.3, 0.4) is 0 Å². The Balaban J connectivity index is 0.619. The third-order valence-corrected chi connectivity index (χ3v) is 15.7. The van der Waals surface area contributed by atoms with Crippen LogP contribution >= 0.6 is 0 Å². The average molecular weight is 950 g/mol. The van der Waals surface area contributed by atoms with Crippen LogP contribution in [0.2, 0.25) is 0 Å². The van der Waals surface area contributed by atoms with Gasteiger partial charge < -0.3 is 24.9 Å². The van der Waals surface area contributed by atoms with Crippen LogP contribution in [0.25, 0.3) is 22.2 Å². The number of fused-ring (bicyclic) bond motifs is 3. The van der Waals surface area contributed by atoms with E-state index in [0.29, 0.717) is 34.3 Å². The predicted molar refractivity (Wildman–Crippen MR) is 262 cm³/mol. The van der Waals surface area contributed by atoms with Gasteiger partial charge in [-0.3, -0.25) is 44.2 Å². The van der Waals surface area contributed by atoms with Crippen LogP contribution in [-0.2, 0) is 14.4 Å². The highest BCUT2D eigenvalue weighted by atomic mass is 16.2. The number of carbonyl (C=O) groups excluding carboxylic acids is 5. The summed E-state index contributed by atoms with van der Waals surface area (Å²) in [5.74, 6) is 0.781. The number of benzene rings is 2. The van der Waals surface area contributed by atoms with Gasteiger partial charge in [-0.25, -0.2) is 9.67 Å². The average Bonchev–Trinajstić information content (AvgIpc) is 4.10. The molecule has 11 rings (SSSR count). The molecule has 0 aliphatic carbocycles. The fourth-order valence-electron chi connectivity index (χ4n) is 11.4. The van der Waals surface area contributed by atoms with Crippen LogP contribution in [0, 0.1) is 11.8 Å². The molecule has 2 aromatic carbocycles. The van der Waals surface area contributed by atoms with Gasteiger partial charge in [-0.05, 0) is 143 Å². The molecule has 6 aliphatic rings. The summed E-state index contributed by atoms with van der Waals surface area (Å²) in [7, 11) is 1.85. The quantitative estimate of drug-likeness (QED) is 0.159. The Hall–Kier alpha value is -7.06. The largest absolute Gasteiger partial charge is 0.371 e. The van der Waals surface area contributed by atoms with Crippen LogP contribution in [0.5, 0.6) is 0 Å². The molecular weight excluding hydrogens is 891 g/mol. The summed E-state index contributed by atoms with van der Waals surface area (Å²) in [6, 6.07) is 14.0. The number of nitrogens with zero attached hydrogens (tertiary/aromatic N) is 12. The number of hydrogen-bond acceptors (Lipinski definition) is 15. The number of rotatable bonds is 11. The lowest BCUT2D eigenvalue weighted by Gasteiger charge is -2.39. The molecule has 20 heteroatoms. The number of pyridine rings is 1. The van der Waals surface area contributed by atoms with E-state index in [0.717, 1.165) is 128 Å². The molecule has 0 spiro atoms. The minimum absolute atomic E-state index is 0.102. The van der Waals surface area contributed by atoms with Gasteiger partial charge in [-0.15, -0.1) is 0 Å². The van der Waals surface area contributed by atoms with Crippen molar-refractivity contribution in [2.75, 3.05) is 92.5 Å². The molecule has 4 saturated heterocycles. The molecular formula is C50H59N15O5. The molecule has 5 amide bonds. The molecule has 364 valence electrons. The third kappa shape index (κ3) is 8.56. The van der Waals surface area contributed by atoms with E-state index in [9.17, 15) is 24.0 Å². The molecule has 0 bridgehead atoms. The second-order valence-electron chi connectivity index (χ2n) is 19.8. The normalized spacial score (nSPS) is 22.0. The van der Waals surface area contributed by atoms with Crippen molar-refractivity contribution in [3.63, 3.8) is 0 Å². The zero-order valence-corrected chi connectivity index (χ0v) is 39.9. The summed E-state index contributed by atoms with van der Waals surface area (Å²) in [5, 5.41) is 26.2. The lowest BCUT2D eigenvalue weighted by molar-refractivity contribution is -0.136. The van der Waals surface area contributed by atoms with Crippen LogP contribution < -0.4 is 25.3 Å². The Morgan fingerprint density at radius 2 is 1.59 bits per heavy atom. The topological polar surface area (TPSA) is 214 Å². The molecule has 6 aliphatic heterocycles. The molecule has 0 saturated carbocycles. The SMILES string of the molecule is CC1=C(C(=O)Nc2ccc3[nH]nc(-c4ccnc(N5CCN(CCC6CCN(CC7CCN(c8ccc9c(c8)C(=O)N(C8CCC(=O)NC8=O)C9=O)CC7)CC6)CC5)c4)c3c2)[C@@H](C)n2nnnc2N1C. The summed E-state index contributed by atoms with van der Waals surface area (Å²) in [4.78, 5) is 82.0. The first-order valence-electron chi connectivity index (χ1n) is 24.8. The number of imide groups is 2. The number of tetrazole rings is 1. The molecule has 20 nitrogen and oxygen atoms in total. The maximum absolute atomic E-state index is 13.7. The van der Waals surface area contributed by atoms with Crippen molar-refractivity contribution < 1.29 is 24.0 Å². The predicted octanol–water partition coefficient (Wildman–Crippen LogP) is 4.08. The van der Waals surface area contributed by atoms with Crippen LogP contribution in [0.1, 0.15) is 85.6 Å². The number of hydrogen-bond donors (Lipinski definition) is 3. The number of piperidine rings is 3. The molecule has 1 unspecified atom stereocenters. The van der Waals surface area contributed by atoms with Gasteiger partial charge in [0.1, 0.15) is 17.6 Å². The summed E-state index contributed by atoms with van der Waals surface area (Å²) in [6.45, 7) is 13.9. The Labute approximate surface area is 405 Å². The number of amides is 5. The number of likely N-dealkylation sites (tertiary alicyclic amines) is 1. The summed E-state index contributed by atoms with van der Waals surface area (Å²) in [5.41, 5.74) is 6.28. The smallest absolute Gasteiger partial charge is 0.262 e. The molecule has 2 atom stereocenters. The molecule has 5 aromatic rings. The van der Waals surface area contributed by atoms with Crippen molar-refractivity contribution in [1.82, 2.24) is 55.4 Å². The highest BCUT2D eigenvalue weighted by Crippen LogP contribution is 2.36. The standard InChI is InChI=1S/C50H59N15O5/c1-30-44(31(2)65-50(59(30)3)56-57-58-65)47(68)52-35-4-7-40-39(27-35)45(55-54-40)34-10-16-51-42(26-34)63-24-22-60(23-25-63)17-11-32-12-18-61(19-13-32)29-33-14-20-62(21-15-33)36-5-6-37-38(28-36)49(70)64(48(37)69)41-8-9-43(66)53-46(41)67/h4-7,10,16,26-28,31-33,41H,8-9,11-15,17-25,29H2,1-3H3,(H,52,68)(H,54,55)(H,53,66,67)/t31-,41?/m1/s1. The molecule has 3 aromatic heterocycles. The van der Waals surface area contributed by atoms with E-state index >= 15 is 0 Å². The number of allylic oxidation sites excluding steroid dienone is 1. The molecule has 0 radical (unpaired) electrons. The second-order valence-corrected chi connectivity index (χ2v) is 19.8. The van der Waals surface area contributed by atoms with Gasteiger partial charge in [0.2, 0.25) is 17.8 Å². The number of carbonyl (C=O) groups is 5. The zero-order chi connectivity index (χ0) is 48.2. The van der Waals surface area contributed by atoms with Crippen molar-refractivity contribution in [2.45, 2.75) is 70.9 Å². The van der Waals surface area contributed by atoms with E-state index in [1.807, 2.05) is 62.3 Å². The van der Waals surface area contributed by atoms with E-state index < -0.39 is 23.8 Å². The first-order chi connectivity index (χ1) is 34.0. The fourth-order valence-corrected chi connectivity index (χ4v) is 11.4. The molecule has 9 heterocycles. The number of aromatic nitrogens is 7. The minimum Gasteiger partial charge on any atom is -0.371 e. The monoisotopic (exact) mass is 949 g/mol. The highest BCUT2D eigenvalue weighted by Gasteiger charge is 2.45. The Morgan fingerprint density at radius 1 is 0.814 bits per heavy atom. The summed E-state index contributed by atoms with van der Waals surface area (Å²) >= 11 is 0. The van der Waals surface area contributed by atoms with Crippen LogP contribution in [-0.4, -0.2) is 158 Å². The van der Waals surface area contributed by atoms with Crippen molar-refractivity contribution in [1.29, 1.82) is 0 Å². The minimum atomic E-state index is -0.960. The van der Waals surface area contributed by atoms with Crippen molar-refractivity contribution in [2.24, 2.45) is 11.8 Å². The first-order valence-corrected chi connectivity index (χ1v) is 24.8.